The lowest BCUT2D eigenvalue weighted by atomic mass is 9.75. The van der Waals surface area contributed by atoms with Gasteiger partial charge in [0.1, 0.15) is 0 Å². The second-order valence-electron chi connectivity index (χ2n) is 6.45. The second kappa shape index (κ2) is 5.80. The highest BCUT2D eigenvalue weighted by atomic mass is 16.5. The minimum Gasteiger partial charge on any atom is -0.376 e. The highest BCUT2D eigenvalue weighted by Gasteiger charge is 2.44. The summed E-state index contributed by atoms with van der Waals surface area (Å²) in [5.41, 5.74) is -0.409. The zero-order valence-electron chi connectivity index (χ0n) is 12.6. The van der Waals surface area contributed by atoms with Crippen molar-refractivity contribution in [2.24, 2.45) is 5.41 Å². The van der Waals surface area contributed by atoms with E-state index in [0.29, 0.717) is 0 Å². The highest BCUT2D eigenvalue weighted by Crippen LogP contribution is 2.34. The lowest BCUT2D eigenvalue weighted by molar-refractivity contribution is -0.135. The monoisotopic (exact) mass is 268 g/mol. The third-order valence-corrected chi connectivity index (χ3v) is 4.97. The maximum absolute atomic E-state index is 12.8. The quantitative estimate of drug-likeness (QED) is 0.818. The minimum absolute atomic E-state index is 0.103. The number of rotatable bonds is 4. The fourth-order valence-corrected chi connectivity index (χ4v) is 3.36. The summed E-state index contributed by atoms with van der Waals surface area (Å²) in [7, 11) is 0. The van der Waals surface area contributed by atoms with Crippen molar-refractivity contribution in [2.45, 2.75) is 64.5 Å². The summed E-state index contributed by atoms with van der Waals surface area (Å²) >= 11 is 0. The number of ether oxygens (including phenoxy) is 1. The van der Waals surface area contributed by atoms with E-state index >= 15 is 0 Å². The Bertz CT molecular complexity index is 321. The van der Waals surface area contributed by atoms with Gasteiger partial charge in [0.15, 0.2) is 0 Å². The van der Waals surface area contributed by atoms with Crippen molar-refractivity contribution in [2.75, 3.05) is 19.7 Å². The van der Waals surface area contributed by atoms with Crippen molar-refractivity contribution in [1.29, 1.82) is 0 Å². The molecule has 0 aliphatic carbocycles. The summed E-state index contributed by atoms with van der Waals surface area (Å²) in [6.45, 7) is 8.93. The van der Waals surface area contributed by atoms with Crippen LogP contribution in [-0.4, -0.2) is 37.2 Å². The molecule has 2 fully saturated rings. The third-order valence-electron chi connectivity index (χ3n) is 4.97. The number of piperidine rings is 1. The Balaban J connectivity index is 2.07. The molecule has 2 aliphatic rings. The van der Waals surface area contributed by atoms with Crippen molar-refractivity contribution < 1.29 is 9.53 Å². The van der Waals surface area contributed by atoms with Crippen molar-refractivity contribution in [3.63, 3.8) is 0 Å². The molecule has 3 unspecified atom stereocenters. The first kappa shape index (κ1) is 14.8. The van der Waals surface area contributed by atoms with Crippen LogP contribution in [0.1, 0.15) is 52.9 Å². The van der Waals surface area contributed by atoms with Gasteiger partial charge in [0.05, 0.1) is 17.1 Å². The molecule has 0 aromatic carbocycles. The Morgan fingerprint density at radius 1 is 1.47 bits per heavy atom. The van der Waals surface area contributed by atoms with E-state index in [1.807, 2.05) is 0 Å². The van der Waals surface area contributed by atoms with E-state index in [-0.39, 0.29) is 23.0 Å². The van der Waals surface area contributed by atoms with E-state index in [1.54, 1.807) is 0 Å². The second-order valence-corrected chi connectivity index (χ2v) is 6.45. The van der Waals surface area contributed by atoms with Gasteiger partial charge >= 0.3 is 0 Å². The zero-order chi connectivity index (χ0) is 13.9. The Hall–Kier alpha value is -0.610. The van der Waals surface area contributed by atoms with E-state index < -0.39 is 0 Å². The molecule has 1 amide bonds. The van der Waals surface area contributed by atoms with Gasteiger partial charge in [-0.1, -0.05) is 13.3 Å². The summed E-state index contributed by atoms with van der Waals surface area (Å²) in [6.07, 6.45) is 5.14. The smallest absolute Gasteiger partial charge is 0.228 e. The molecule has 2 aliphatic heterocycles. The van der Waals surface area contributed by atoms with Crippen LogP contribution in [0.25, 0.3) is 0 Å². The molecule has 4 nitrogen and oxygen atoms in total. The van der Waals surface area contributed by atoms with Crippen LogP contribution in [0, 0.1) is 5.41 Å². The largest absolute Gasteiger partial charge is 0.376 e. The van der Waals surface area contributed by atoms with Crippen molar-refractivity contribution in [3.05, 3.63) is 0 Å². The standard InChI is InChI=1S/C15H28N2O2/c1-4-6-15(7-5-9-16-11-15)13(18)17-14(3)8-10-19-12(14)2/h12,16H,4-11H2,1-3H3,(H,17,18). The van der Waals surface area contributed by atoms with Crippen LogP contribution in [0.3, 0.4) is 0 Å². The molecule has 0 bridgehead atoms. The molecule has 0 saturated carbocycles. The first-order valence-electron chi connectivity index (χ1n) is 7.67. The lowest BCUT2D eigenvalue weighted by Gasteiger charge is -2.40. The van der Waals surface area contributed by atoms with Crippen LogP contribution in [-0.2, 0) is 9.53 Å². The van der Waals surface area contributed by atoms with Crippen molar-refractivity contribution in [3.8, 4) is 0 Å². The number of carbonyl (C=O) groups is 1. The Labute approximate surface area is 116 Å². The molecule has 0 spiro atoms. The topological polar surface area (TPSA) is 50.4 Å². The fourth-order valence-electron chi connectivity index (χ4n) is 3.36. The number of hydrogen-bond donors (Lipinski definition) is 2. The average molecular weight is 268 g/mol. The van der Waals surface area contributed by atoms with Gasteiger partial charge in [0.2, 0.25) is 5.91 Å². The van der Waals surface area contributed by atoms with E-state index in [9.17, 15) is 4.79 Å². The summed E-state index contributed by atoms with van der Waals surface area (Å²) in [4.78, 5) is 12.8. The van der Waals surface area contributed by atoms with Crippen LogP contribution in [0.15, 0.2) is 0 Å². The summed E-state index contributed by atoms with van der Waals surface area (Å²) in [5, 5.41) is 6.69. The van der Waals surface area contributed by atoms with Gasteiger partial charge in [-0.15, -0.1) is 0 Å². The number of carbonyl (C=O) groups excluding carboxylic acids is 1. The molecule has 3 atom stereocenters. The molecule has 0 aromatic rings. The van der Waals surface area contributed by atoms with Crippen LogP contribution in [0.2, 0.25) is 0 Å². The Kier molecular flexibility index (Phi) is 4.51. The van der Waals surface area contributed by atoms with Gasteiger partial charge in [0, 0.05) is 13.2 Å². The van der Waals surface area contributed by atoms with Crippen molar-refractivity contribution >= 4 is 5.91 Å². The number of nitrogens with one attached hydrogen (secondary N) is 2. The minimum atomic E-state index is -0.210. The summed E-state index contributed by atoms with van der Waals surface area (Å²) in [6, 6.07) is 0. The predicted molar refractivity (Wildman–Crippen MR) is 76.0 cm³/mol. The van der Waals surface area contributed by atoms with Crippen molar-refractivity contribution in [1.82, 2.24) is 10.6 Å². The molecule has 110 valence electrons. The van der Waals surface area contributed by atoms with Gasteiger partial charge in [-0.2, -0.15) is 0 Å². The molecule has 2 saturated heterocycles. The number of amides is 1. The van der Waals surface area contributed by atoms with E-state index in [2.05, 4.69) is 31.4 Å². The maximum Gasteiger partial charge on any atom is 0.228 e. The normalized spacial score (nSPS) is 39.2. The average Bonchev–Trinajstić information content (AvgIpc) is 2.71. The lowest BCUT2D eigenvalue weighted by Crippen LogP contribution is -2.58. The van der Waals surface area contributed by atoms with Crippen LogP contribution in [0.4, 0.5) is 0 Å². The first-order chi connectivity index (χ1) is 9.02. The third kappa shape index (κ3) is 2.95. The zero-order valence-corrected chi connectivity index (χ0v) is 12.6. The predicted octanol–water partition coefficient (Wildman–Crippen LogP) is 1.84. The van der Waals surface area contributed by atoms with Crippen LogP contribution < -0.4 is 10.6 Å². The fraction of sp³-hybridized carbons (Fsp3) is 0.933. The molecule has 2 heterocycles. The molecule has 0 radical (unpaired) electrons. The highest BCUT2D eigenvalue weighted by molar-refractivity contribution is 5.83. The van der Waals surface area contributed by atoms with E-state index in [0.717, 1.165) is 51.8 Å². The van der Waals surface area contributed by atoms with Gasteiger partial charge < -0.3 is 15.4 Å². The molecule has 4 heteroatoms. The van der Waals surface area contributed by atoms with Gasteiger partial charge in [-0.25, -0.2) is 0 Å². The SMILES string of the molecule is CCCC1(C(=O)NC2(C)CCOC2C)CCCNC1. The Morgan fingerprint density at radius 3 is 2.79 bits per heavy atom. The Morgan fingerprint density at radius 2 is 2.26 bits per heavy atom. The summed E-state index contributed by atoms with van der Waals surface area (Å²) in [5.74, 6) is 0.224. The van der Waals surface area contributed by atoms with Crippen LogP contribution >= 0.6 is 0 Å². The van der Waals surface area contributed by atoms with E-state index in [4.69, 9.17) is 4.74 Å². The molecular formula is C15H28N2O2. The molecule has 2 N–H and O–H groups in total. The van der Waals surface area contributed by atoms with E-state index in [1.165, 1.54) is 0 Å². The van der Waals surface area contributed by atoms with Gasteiger partial charge in [-0.05, 0) is 46.1 Å². The molecule has 0 aromatic heterocycles. The molecule has 19 heavy (non-hydrogen) atoms. The number of hydrogen-bond acceptors (Lipinski definition) is 3. The first-order valence-corrected chi connectivity index (χ1v) is 7.67. The molecular weight excluding hydrogens is 240 g/mol. The summed E-state index contributed by atoms with van der Waals surface area (Å²) < 4.78 is 5.62. The van der Waals surface area contributed by atoms with Gasteiger partial charge in [-0.3, -0.25) is 4.79 Å². The van der Waals surface area contributed by atoms with Crippen LogP contribution in [0.5, 0.6) is 0 Å². The molecule has 2 rings (SSSR count). The van der Waals surface area contributed by atoms with Gasteiger partial charge in [0.25, 0.3) is 0 Å². The maximum atomic E-state index is 12.8.